The molecule has 58 valence electrons. The van der Waals surface area contributed by atoms with Crippen LogP contribution in [0.1, 0.15) is 19.8 Å². The van der Waals surface area contributed by atoms with E-state index in [4.69, 9.17) is 0 Å². The Bertz CT molecular complexity index is 158. The Hall–Kier alpha value is -0.670. The van der Waals surface area contributed by atoms with Gasteiger partial charge in [-0.25, -0.2) is 0 Å². The maximum atomic E-state index is 12.4. The molecule has 0 aromatic rings. The summed E-state index contributed by atoms with van der Waals surface area (Å²) in [5, 5.41) is 2.18. The number of carbonyl (C=O) groups excluding carboxylic acids is 1. The van der Waals surface area contributed by atoms with E-state index in [-0.39, 0.29) is 12.5 Å². The third kappa shape index (κ3) is 1.25. The van der Waals surface area contributed by atoms with Crippen LogP contribution in [0.4, 0.5) is 8.78 Å². The van der Waals surface area contributed by atoms with E-state index in [0.717, 1.165) is 0 Å². The smallest absolute Gasteiger partial charge is 0.324 e. The molecule has 1 heterocycles. The van der Waals surface area contributed by atoms with Crippen LogP contribution in [-0.4, -0.2) is 17.9 Å². The van der Waals surface area contributed by atoms with Crippen molar-refractivity contribution in [1.82, 2.24) is 5.32 Å². The summed E-state index contributed by atoms with van der Waals surface area (Å²) in [6.07, 6.45) is 0.0404. The molecule has 1 rings (SSSR count). The Kier molecular flexibility index (Phi) is 1.62. The molecule has 0 saturated carbocycles. The monoisotopic (exact) mass is 149 g/mol. The molecule has 2 nitrogen and oxygen atoms in total. The fourth-order valence-electron chi connectivity index (χ4n) is 0.913. The molecule has 0 aliphatic carbocycles. The summed E-state index contributed by atoms with van der Waals surface area (Å²) >= 11 is 0. The van der Waals surface area contributed by atoms with E-state index in [1.165, 1.54) is 0 Å². The highest BCUT2D eigenvalue weighted by Gasteiger charge is 2.42. The minimum Gasteiger partial charge on any atom is -0.348 e. The van der Waals surface area contributed by atoms with Crippen LogP contribution in [0.2, 0.25) is 0 Å². The highest BCUT2D eigenvalue weighted by molar-refractivity contribution is 5.84. The van der Waals surface area contributed by atoms with E-state index < -0.39 is 11.8 Å². The number of rotatable bonds is 0. The first kappa shape index (κ1) is 7.44. The standard InChI is InChI=1S/C6H9F2NO/c1-4-2-3-6(7,8)5(10)9-4/h4H,2-3H2,1H3,(H,9,10). The van der Waals surface area contributed by atoms with Crippen LogP contribution in [0, 0.1) is 0 Å². The summed E-state index contributed by atoms with van der Waals surface area (Å²) in [5.74, 6) is -4.27. The average Bonchev–Trinajstić information content (AvgIpc) is 1.81. The lowest BCUT2D eigenvalue weighted by molar-refractivity contribution is -0.151. The molecule has 1 N–H and O–H groups in total. The molecule has 0 aromatic heterocycles. The van der Waals surface area contributed by atoms with Crippen LogP contribution >= 0.6 is 0 Å². The summed E-state index contributed by atoms with van der Waals surface area (Å²) in [4.78, 5) is 10.5. The lowest BCUT2D eigenvalue weighted by Crippen LogP contribution is -2.49. The van der Waals surface area contributed by atoms with Gasteiger partial charge in [0.1, 0.15) is 0 Å². The molecule has 4 heteroatoms. The predicted octanol–water partition coefficient (Wildman–Crippen LogP) is 0.920. The molecule has 1 fully saturated rings. The minimum atomic E-state index is -3.13. The van der Waals surface area contributed by atoms with Crippen molar-refractivity contribution in [3.8, 4) is 0 Å². The third-order valence-electron chi connectivity index (χ3n) is 1.60. The van der Waals surface area contributed by atoms with Gasteiger partial charge in [-0.05, 0) is 13.3 Å². The Morgan fingerprint density at radius 2 is 2.30 bits per heavy atom. The SMILES string of the molecule is CC1CCC(F)(F)C(=O)N1. The summed E-state index contributed by atoms with van der Waals surface area (Å²) in [6, 6.07) is -0.105. The lowest BCUT2D eigenvalue weighted by atomic mass is 10.0. The maximum Gasteiger partial charge on any atom is 0.324 e. The zero-order valence-corrected chi connectivity index (χ0v) is 5.66. The first-order valence-electron chi connectivity index (χ1n) is 3.21. The predicted molar refractivity (Wildman–Crippen MR) is 31.8 cm³/mol. The Balaban J connectivity index is 2.61. The highest BCUT2D eigenvalue weighted by Crippen LogP contribution is 2.25. The fourth-order valence-corrected chi connectivity index (χ4v) is 0.913. The van der Waals surface area contributed by atoms with E-state index >= 15 is 0 Å². The zero-order chi connectivity index (χ0) is 7.78. The van der Waals surface area contributed by atoms with Crippen LogP contribution in [0.3, 0.4) is 0 Å². The number of nitrogens with one attached hydrogen (secondary N) is 1. The fraction of sp³-hybridized carbons (Fsp3) is 0.833. The number of carbonyl (C=O) groups is 1. The largest absolute Gasteiger partial charge is 0.348 e. The molecule has 10 heavy (non-hydrogen) atoms. The van der Waals surface area contributed by atoms with Gasteiger partial charge in [0, 0.05) is 12.5 Å². The van der Waals surface area contributed by atoms with E-state index in [0.29, 0.717) is 6.42 Å². The van der Waals surface area contributed by atoms with Crippen LogP contribution < -0.4 is 5.32 Å². The van der Waals surface area contributed by atoms with Gasteiger partial charge >= 0.3 is 5.92 Å². The summed E-state index contributed by atoms with van der Waals surface area (Å²) < 4.78 is 24.7. The van der Waals surface area contributed by atoms with Gasteiger partial charge in [0.25, 0.3) is 5.91 Å². The van der Waals surface area contributed by atoms with Gasteiger partial charge in [0.2, 0.25) is 0 Å². The van der Waals surface area contributed by atoms with Gasteiger partial charge in [0.15, 0.2) is 0 Å². The molecule has 0 aromatic carbocycles. The highest BCUT2D eigenvalue weighted by atomic mass is 19.3. The summed E-state index contributed by atoms with van der Waals surface area (Å²) in [5.41, 5.74) is 0. The number of alkyl halides is 2. The van der Waals surface area contributed by atoms with E-state index in [9.17, 15) is 13.6 Å². The molecule has 0 spiro atoms. The third-order valence-corrected chi connectivity index (χ3v) is 1.60. The van der Waals surface area contributed by atoms with Crippen molar-refractivity contribution in [3.63, 3.8) is 0 Å². The Labute approximate surface area is 57.6 Å². The lowest BCUT2D eigenvalue weighted by Gasteiger charge is -2.25. The first-order chi connectivity index (χ1) is 4.52. The van der Waals surface area contributed by atoms with Gasteiger partial charge in [-0.1, -0.05) is 0 Å². The van der Waals surface area contributed by atoms with Crippen molar-refractivity contribution < 1.29 is 13.6 Å². The average molecular weight is 149 g/mol. The second-order valence-electron chi connectivity index (χ2n) is 2.62. The van der Waals surface area contributed by atoms with Crippen LogP contribution in [-0.2, 0) is 4.79 Å². The summed E-state index contributed by atoms with van der Waals surface area (Å²) in [7, 11) is 0. The Morgan fingerprint density at radius 1 is 1.70 bits per heavy atom. The van der Waals surface area contributed by atoms with Crippen molar-refractivity contribution in [2.24, 2.45) is 0 Å². The number of hydrogen-bond donors (Lipinski definition) is 1. The van der Waals surface area contributed by atoms with E-state index in [1.54, 1.807) is 6.92 Å². The topological polar surface area (TPSA) is 29.1 Å². The molecule has 1 unspecified atom stereocenters. The Morgan fingerprint density at radius 3 is 2.70 bits per heavy atom. The van der Waals surface area contributed by atoms with Crippen molar-refractivity contribution >= 4 is 5.91 Å². The molecular formula is C6H9F2NO. The zero-order valence-electron chi connectivity index (χ0n) is 5.66. The number of amides is 1. The first-order valence-corrected chi connectivity index (χ1v) is 3.21. The second kappa shape index (κ2) is 2.18. The quantitative estimate of drug-likeness (QED) is 0.545. The minimum absolute atomic E-state index is 0.105. The van der Waals surface area contributed by atoms with Gasteiger partial charge in [-0.15, -0.1) is 0 Å². The number of halogens is 2. The maximum absolute atomic E-state index is 12.4. The number of hydrogen-bond acceptors (Lipinski definition) is 1. The molecule has 1 atom stereocenters. The molecule has 0 bridgehead atoms. The van der Waals surface area contributed by atoms with Gasteiger partial charge in [-0.2, -0.15) is 8.78 Å². The molecular weight excluding hydrogens is 140 g/mol. The molecule has 0 radical (unpaired) electrons. The van der Waals surface area contributed by atoms with Gasteiger partial charge < -0.3 is 5.32 Å². The van der Waals surface area contributed by atoms with Crippen molar-refractivity contribution in [2.45, 2.75) is 31.7 Å². The van der Waals surface area contributed by atoms with Gasteiger partial charge in [0.05, 0.1) is 0 Å². The molecule has 1 amide bonds. The van der Waals surface area contributed by atoms with Crippen molar-refractivity contribution in [3.05, 3.63) is 0 Å². The van der Waals surface area contributed by atoms with Crippen LogP contribution in [0.25, 0.3) is 0 Å². The van der Waals surface area contributed by atoms with E-state index in [1.807, 2.05) is 0 Å². The van der Waals surface area contributed by atoms with Crippen molar-refractivity contribution in [1.29, 1.82) is 0 Å². The molecule has 1 aliphatic rings. The van der Waals surface area contributed by atoms with Crippen molar-refractivity contribution in [2.75, 3.05) is 0 Å². The van der Waals surface area contributed by atoms with Gasteiger partial charge in [-0.3, -0.25) is 4.79 Å². The molecule has 1 aliphatic heterocycles. The summed E-state index contributed by atoms with van der Waals surface area (Å²) in [6.45, 7) is 1.72. The normalized spacial score (nSPS) is 31.5. The second-order valence-corrected chi connectivity index (χ2v) is 2.62. The number of piperidine rings is 1. The van der Waals surface area contributed by atoms with Crippen LogP contribution in [0.5, 0.6) is 0 Å². The van der Waals surface area contributed by atoms with Crippen LogP contribution in [0.15, 0.2) is 0 Å². The molecule has 1 saturated heterocycles. The van der Waals surface area contributed by atoms with E-state index in [2.05, 4.69) is 5.32 Å².